The lowest BCUT2D eigenvalue weighted by atomic mass is 9.75. The zero-order valence-electron chi connectivity index (χ0n) is 12.2. The molecule has 0 saturated carbocycles. The highest BCUT2D eigenvalue weighted by atomic mass is 16.4. The molecule has 0 aliphatic heterocycles. The molecule has 1 aliphatic carbocycles. The number of hydrogen-bond donors (Lipinski definition) is 1. The summed E-state index contributed by atoms with van der Waals surface area (Å²) in [7, 11) is 0. The Morgan fingerprint density at radius 2 is 1.79 bits per heavy atom. The minimum atomic E-state index is -1.32. The van der Waals surface area contributed by atoms with Crippen molar-refractivity contribution < 1.29 is 29.1 Å². The molecule has 0 saturated heterocycles. The first kappa shape index (κ1) is 15.5. The van der Waals surface area contributed by atoms with Gasteiger partial charge in [-0.15, -0.1) is 0 Å². The normalized spacial score (nSPS) is 15.9. The van der Waals surface area contributed by atoms with Gasteiger partial charge in [0.2, 0.25) is 0 Å². The largest absolute Gasteiger partial charge is 0.478 e. The van der Waals surface area contributed by atoms with Gasteiger partial charge in [0.25, 0.3) is 0 Å². The lowest BCUT2D eigenvalue weighted by Crippen LogP contribution is -2.17. The Morgan fingerprint density at radius 3 is 2.33 bits per heavy atom. The number of carboxylic acid groups (broad SMARTS) is 1. The summed E-state index contributed by atoms with van der Waals surface area (Å²) in [5.74, 6) is -2.26. The van der Waals surface area contributed by atoms with E-state index in [1.807, 2.05) is 0 Å². The van der Waals surface area contributed by atoms with Gasteiger partial charge >= 0.3 is 5.97 Å². The van der Waals surface area contributed by atoms with Crippen molar-refractivity contribution in [2.75, 3.05) is 0 Å². The molecule has 3 rings (SSSR count). The highest BCUT2D eigenvalue weighted by Gasteiger charge is 2.32. The third kappa shape index (κ3) is 1.93. The Balaban J connectivity index is 2.64. The maximum absolute atomic E-state index is 11.6. The van der Waals surface area contributed by atoms with E-state index in [1.165, 1.54) is 6.07 Å². The average Bonchev–Trinajstić information content (AvgIpc) is 2.60. The third-order valence-corrected chi connectivity index (χ3v) is 4.22. The predicted octanol–water partition coefficient (Wildman–Crippen LogP) is 1.80. The molecule has 1 N–H and O–H groups in total. The van der Waals surface area contributed by atoms with E-state index in [9.17, 15) is 29.1 Å². The molecule has 2 aromatic rings. The second-order valence-electron chi connectivity index (χ2n) is 5.30. The molecule has 0 amide bonds. The number of carboxylic acids is 1. The van der Waals surface area contributed by atoms with Gasteiger partial charge in [-0.2, -0.15) is 0 Å². The summed E-state index contributed by atoms with van der Waals surface area (Å²) in [6.45, 7) is 0. The van der Waals surface area contributed by atoms with Gasteiger partial charge in [-0.05, 0) is 22.4 Å². The minimum absolute atomic E-state index is 0.0781. The van der Waals surface area contributed by atoms with Crippen molar-refractivity contribution in [3.8, 4) is 0 Å². The number of carbonyl (C=O) groups is 5. The fourth-order valence-corrected chi connectivity index (χ4v) is 3.23. The van der Waals surface area contributed by atoms with Gasteiger partial charge in [0.1, 0.15) is 12.6 Å². The maximum atomic E-state index is 11.6. The summed E-state index contributed by atoms with van der Waals surface area (Å²) in [5, 5.41) is 10.3. The van der Waals surface area contributed by atoms with E-state index >= 15 is 0 Å². The molecule has 0 heterocycles. The Hall–Kier alpha value is -3.41. The molecule has 0 fully saturated rings. The number of carbonyl (C=O) groups excluding carboxylic acids is 4. The van der Waals surface area contributed by atoms with E-state index in [0.29, 0.717) is 41.5 Å². The second kappa shape index (κ2) is 5.66. The molecular weight excluding hydrogens is 312 g/mol. The SMILES string of the molecule is O=CC1=C(C=O)C(C=O)c2cccc3cc(C(=O)O)c(C=O)c1c23. The van der Waals surface area contributed by atoms with Crippen LogP contribution < -0.4 is 0 Å². The van der Waals surface area contributed by atoms with E-state index in [1.54, 1.807) is 18.2 Å². The van der Waals surface area contributed by atoms with Crippen molar-refractivity contribution in [1.82, 2.24) is 0 Å². The van der Waals surface area contributed by atoms with Gasteiger partial charge in [-0.25, -0.2) is 4.79 Å². The van der Waals surface area contributed by atoms with Crippen LogP contribution in [-0.2, 0) is 14.4 Å². The van der Waals surface area contributed by atoms with E-state index in [2.05, 4.69) is 0 Å². The van der Waals surface area contributed by atoms with E-state index < -0.39 is 11.9 Å². The smallest absolute Gasteiger partial charge is 0.336 e. The van der Waals surface area contributed by atoms with Crippen LogP contribution in [0, 0.1) is 0 Å². The van der Waals surface area contributed by atoms with Gasteiger partial charge in [0.15, 0.2) is 12.6 Å². The first-order valence-electron chi connectivity index (χ1n) is 6.97. The third-order valence-electron chi connectivity index (χ3n) is 4.22. The topological polar surface area (TPSA) is 106 Å². The van der Waals surface area contributed by atoms with Crippen molar-refractivity contribution >= 4 is 47.5 Å². The molecule has 6 heteroatoms. The molecule has 2 aromatic carbocycles. The average molecular weight is 322 g/mol. The van der Waals surface area contributed by atoms with Crippen molar-refractivity contribution in [2.45, 2.75) is 5.92 Å². The van der Waals surface area contributed by atoms with Gasteiger partial charge in [-0.1, -0.05) is 18.2 Å². The summed E-state index contributed by atoms with van der Waals surface area (Å²) in [4.78, 5) is 57.6. The molecule has 1 unspecified atom stereocenters. The lowest BCUT2D eigenvalue weighted by molar-refractivity contribution is -0.110. The van der Waals surface area contributed by atoms with Gasteiger partial charge in [-0.3, -0.25) is 14.4 Å². The van der Waals surface area contributed by atoms with E-state index in [0.717, 1.165) is 0 Å². The molecule has 6 nitrogen and oxygen atoms in total. The van der Waals surface area contributed by atoms with Gasteiger partial charge < -0.3 is 9.90 Å². The van der Waals surface area contributed by atoms with Crippen LogP contribution in [0.2, 0.25) is 0 Å². The molecule has 118 valence electrons. The number of aldehydes is 4. The number of allylic oxidation sites excluding steroid dienone is 2. The highest BCUT2D eigenvalue weighted by Crippen LogP contribution is 2.43. The summed E-state index contributed by atoms with van der Waals surface area (Å²) in [6.07, 6.45) is 1.68. The molecule has 0 bridgehead atoms. The van der Waals surface area contributed by atoms with E-state index in [-0.39, 0.29) is 27.8 Å². The Bertz CT molecular complexity index is 967. The summed E-state index contributed by atoms with van der Waals surface area (Å²) in [6, 6.07) is 6.19. The first-order valence-corrected chi connectivity index (χ1v) is 6.97. The zero-order valence-corrected chi connectivity index (χ0v) is 12.2. The Kier molecular flexibility index (Phi) is 3.65. The number of benzene rings is 2. The highest BCUT2D eigenvalue weighted by molar-refractivity contribution is 6.25. The van der Waals surface area contributed by atoms with Crippen LogP contribution in [0.15, 0.2) is 29.8 Å². The zero-order chi connectivity index (χ0) is 17.4. The molecule has 0 aromatic heterocycles. The van der Waals surface area contributed by atoms with Crippen LogP contribution in [-0.4, -0.2) is 36.2 Å². The predicted molar refractivity (Wildman–Crippen MR) is 84.1 cm³/mol. The summed E-state index contributed by atoms with van der Waals surface area (Å²) in [5.41, 5.74) is -0.107. The molecule has 0 radical (unpaired) electrons. The second-order valence-corrected chi connectivity index (χ2v) is 5.30. The van der Waals surface area contributed by atoms with Crippen molar-refractivity contribution in [1.29, 1.82) is 0 Å². The van der Waals surface area contributed by atoms with Crippen LogP contribution >= 0.6 is 0 Å². The van der Waals surface area contributed by atoms with Gasteiger partial charge in [0, 0.05) is 22.3 Å². The molecule has 1 aliphatic rings. The number of rotatable bonds is 5. The van der Waals surface area contributed by atoms with Crippen LogP contribution in [0.3, 0.4) is 0 Å². The van der Waals surface area contributed by atoms with Crippen molar-refractivity contribution in [3.63, 3.8) is 0 Å². The standard InChI is InChI=1S/C18H10O6/c19-5-12-10-3-1-2-9-4-11(18(23)24)14(7-21)17(16(9)10)15(8-22)13(12)6-20/h1-8,12H,(H,23,24). The number of hydrogen-bond acceptors (Lipinski definition) is 5. The van der Waals surface area contributed by atoms with Crippen LogP contribution in [0.1, 0.15) is 37.8 Å². The first-order chi connectivity index (χ1) is 11.6. The monoisotopic (exact) mass is 322 g/mol. The van der Waals surface area contributed by atoms with Crippen molar-refractivity contribution in [2.24, 2.45) is 0 Å². The quantitative estimate of drug-likeness (QED) is 0.841. The minimum Gasteiger partial charge on any atom is -0.478 e. The fraction of sp³-hybridized carbons (Fsp3) is 0.0556. The molecule has 24 heavy (non-hydrogen) atoms. The van der Waals surface area contributed by atoms with Crippen molar-refractivity contribution in [3.05, 3.63) is 52.1 Å². The van der Waals surface area contributed by atoms with Crippen LogP contribution in [0.4, 0.5) is 0 Å². The van der Waals surface area contributed by atoms with Crippen LogP contribution in [0.25, 0.3) is 16.3 Å². The Morgan fingerprint density at radius 1 is 1.04 bits per heavy atom. The van der Waals surface area contributed by atoms with Gasteiger partial charge in [0.05, 0.1) is 11.5 Å². The maximum Gasteiger partial charge on any atom is 0.336 e. The lowest BCUT2D eigenvalue weighted by Gasteiger charge is -2.25. The fourth-order valence-electron chi connectivity index (χ4n) is 3.23. The summed E-state index contributed by atoms with van der Waals surface area (Å²) >= 11 is 0. The van der Waals surface area contributed by atoms with E-state index in [4.69, 9.17) is 0 Å². The molecule has 0 spiro atoms. The summed E-state index contributed by atoms with van der Waals surface area (Å²) < 4.78 is 0. The molecule has 1 atom stereocenters. The Labute approximate surface area is 135 Å². The van der Waals surface area contributed by atoms with Crippen LogP contribution in [0.5, 0.6) is 0 Å². The number of aromatic carboxylic acids is 1. The molecular formula is C18H10O6.